The quantitative estimate of drug-likeness (QED) is 0.465. The first-order chi connectivity index (χ1) is 4.31. The summed E-state index contributed by atoms with van der Waals surface area (Å²) in [6.07, 6.45) is 6.28. The van der Waals surface area contributed by atoms with Crippen LogP contribution in [-0.2, 0) is 0 Å². The SMILES string of the molecule is IC12CCCCI1CC2. The van der Waals surface area contributed by atoms with E-state index < -0.39 is 0 Å². The van der Waals surface area contributed by atoms with Crippen molar-refractivity contribution in [3.8, 4) is 0 Å². The second-order valence-electron chi connectivity index (χ2n) is 2.90. The fourth-order valence-corrected chi connectivity index (χ4v) is 12.7. The van der Waals surface area contributed by atoms with E-state index in [9.17, 15) is 0 Å². The molecule has 2 heteroatoms. The van der Waals surface area contributed by atoms with Gasteiger partial charge in [0.25, 0.3) is 0 Å². The van der Waals surface area contributed by atoms with Gasteiger partial charge in [0.15, 0.2) is 0 Å². The van der Waals surface area contributed by atoms with Gasteiger partial charge in [-0.25, -0.2) is 0 Å². The molecule has 0 nitrogen and oxygen atoms in total. The van der Waals surface area contributed by atoms with E-state index in [0.717, 1.165) is 1.43 Å². The van der Waals surface area contributed by atoms with Crippen molar-refractivity contribution < 1.29 is 0 Å². The molecule has 0 N–H and O–H groups in total. The van der Waals surface area contributed by atoms with E-state index in [-0.39, 0.29) is 19.8 Å². The van der Waals surface area contributed by atoms with E-state index in [0.29, 0.717) is 0 Å². The van der Waals surface area contributed by atoms with Gasteiger partial charge in [-0.05, 0) is 0 Å². The molecule has 9 heavy (non-hydrogen) atoms. The normalized spacial score (nSPS) is 45.7. The van der Waals surface area contributed by atoms with Crippen molar-refractivity contribution in [1.82, 2.24) is 0 Å². The van der Waals surface area contributed by atoms with Gasteiger partial charge in [0.1, 0.15) is 0 Å². The van der Waals surface area contributed by atoms with Crippen LogP contribution in [0.25, 0.3) is 0 Å². The maximum absolute atomic E-state index is 2.77. The first-order valence-electron chi connectivity index (χ1n) is 3.62. The standard InChI is InChI=1S/C7H12I2/c8-7-3-1-2-5-9(7)6-4-7/h1-6H2. The molecule has 0 aliphatic carbocycles. The van der Waals surface area contributed by atoms with Gasteiger partial charge in [-0.3, -0.25) is 0 Å². The average molecular weight is 350 g/mol. The average Bonchev–Trinajstić information content (AvgIpc) is 1.82. The first kappa shape index (κ1) is 7.13. The molecule has 2 aliphatic heterocycles. The van der Waals surface area contributed by atoms with Crippen molar-refractivity contribution in [2.45, 2.75) is 27.1 Å². The molecule has 0 radical (unpaired) electrons. The molecule has 0 spiro atoms. The van der Waals surface area contributed by atoms with Crippen molar-refractivity contribution in [3.63, 3.8) is 0 Å². The van der Waals surface area contributed by atoms with Gasteiger partial charge < -0.3 is 0 Å². The van der Waals surface area contributed by atoms with E-state index >= 15 is 0 Å². The van der Waals surface area contributed by atoms with Crippen molar-refractivity contribution in [3.05, 3.63) is 0 Å². The van der Waals surface area contributed by atoms with E-state index in [4.69, 9.17) is 0 Å². The third-order valence-corrected chi connectivity index (χ3v) is 15.0. The zero-order valence-corrected chi connectivity index (χ0v) is 9.81. The van der Waals surface area contributed by atoms with Gasteiger partial charge in [-0.2, -0.15) is 0 Å². The van der Waals surface area contributed by atoms with Gasteiger partial charge >= 0.3 is 78.4 Å². The Kier molecular flexibility index (Phi) is 1.98. The van der Waals surface area contributed by atoms with Crippen molar-refractivity contribution in [1.29, 1.82) is 0 Å². The Bertz CT molecular complexity index is 124. The number of hydrogen-bond acceptors (Lipinski definition) is 0. The third kappa shape index (κ3) is 1.14. The Hall–Kier alpha value is 1.46. The monoisotopic (exact) mass is 350 g/mol. The van der Waals surface area contributed by atoms with Crippen LogP contribution in [-0.4, -0.2) is 10.3 Å². The Labute approximate surface area is 77.7 Å². The molecule has 0 aromatic carbocycles. The van der Waals surface area contributed by atoms with Crippen LogP contribution in [0, 0.1) is 0 Å². The summed E-state index contributed by atoms with van der Waals surface area (Å²) < 4.78 is 4.32. The molecule has 0 saturated carbocycles. The Balaban J connectivity index is 2.05. The zero-order chi connectivity index (χ0) is 6.32. The topological polar surface area (TPSA) is 0 Å². The second kappa shape index (κ2) is 2.50. The molecule has 0 aromatic rings. The minimum absolute atomic E-state index is 0.297. The minimum atomic E-state index is -0.297. The zero-order valence-electron chi connectivity index (χ0n) is 5.50. The summed E-state index contributed by atoms with van der Waals surface area (Å²) in [7, 11) is 0. The van der Waals surface area contributed by atoms with Crippen molar-refractivity contribution >= 4 is 42.4 Å². The first-order valence-corrected chi connectivity index (χ1v) is 8.83. The van der Waals surface area contributed by atoms with E-state index in [1.807, 2.05) is 0 Å². The molecule has 1 unspecified atom stereocenters. The molecule has 0 amide bonds. The molecule has 0 bridgehead atoms. The van der Waals surface area contributed by atoms with Crippen LogP contribution in [0.1, 0.15) is 25.7 Å². The Morgan fingerprint density at radius 1 is 1.11 bits per heavy atom. The molecule has 2 aliphatic rings. The number of fused-ring (bicyclic) bond motifs is 1. The summed E-state index contributed by atoms with van der Waals surface area (Å²) in [4.78, 5) is 0. The summed E-state index contributed by atoms with van der Waals surface area (Å²) in [5.41, 5.74) is 0. The van der Waals surface area contributed by atoms with Crippen LogP contribution in [0.3, 0.4) is 0 Å². The van der Waals surface area contributed by atoms with E-state index in [1.165, 1.54) is 6.42 Å². The van der Waals surface area contributed by atoms with Crippen LogP contribution in [0.4, 0.5) is 0 Å². The maximum atomic E-state index is 2.77. The van der Waals surface area contributed by atoms with Crippen LogP contribution in [0.2, 0.25) is 0 Å². The van der Waals surface area contributed by atoms with E-state index in [2.05, 4.69) is 22.6 Å². The van der Waals surface area contributed by atoms with Crippen molar-refractivity contribution in [2.75, 3.05) is 8.86 Å². The van der Waals surface area contributed by atoms with Gasteiger partial charge in [0, 0.05) is 0 Å². The van der Waals surface area contributed by atoms with Gasteiger partial charge in [-0.15, -0.1) is 0 Å². The summed E-state index contributed by atoms with van der Waals surface area (Å²) in [5, 5.41) is 0. The fraction of sp³-hybridized carbons (Fsp3) is 1.00. The predicted molar refractivity (Wildman–Crippen MR) is 59.0 cm³/mol. The second-order valence-corrected chi connectivity index (χ2v) is 13.9. The summed E-state index contributed by atoms with van der Waals surface area (Å²) in [6, 6.07) is 0. The molecular weight excluding hydrogens is 338 g/mol. The Morgan fingerprint density at radius 3 is 2.33 bits per heavy atom. The molecule has 54 valence electrons. The fourth-order valence-electron chi connectivity index (χ4n) is 1.60. The predicted octanol–water partition coefficient (Wildman–Crippen LogP) is 3.21. The molecule has 1 atom stereocenters. The van der Waals surface area contributed by atoms with Crippen LogP contribution in [0.5, 0.6) is 0 Å². The van der Waals surface area contributed by atoms with E-state index in [1.54, 1.807) is 28.1 Å². The number of rotatable bonds is 0. The summed E-state index contributed by atoms with van der Waals surface area (Å²) in [6.45, 7) is 0. The molecule has 2 saturated heterocycles. The van der Waals surface area contributed by atoms with Crippen LogP contribution < -0.4 is 0 Å². The van der Waals surface area contributed by atoms with Gasteiger partial charge in [0.2, 0.25) is 0 Å². The van der Waals surface area contributed by atoms with Crippen LogP contribution in [0.15, 0.2) is 0 Å². The molecule has 2 rings (SSSR count). The molecule has 2 heterocycles. The third-order valence-electron chi connectivity index (χ3n) is 2.32. The molecular formula is C7H12I2. The van der Waals surface area contributed by atoms with Gasteiger partial charge in [0.05, 0.1) is 0 Å². The number of hydrogen-bond donors (Lipinski definition) is 0. The number of halogens is 2. The summed E-state index contributed by atoms with van der Waals surface area (Å²) >= 11 is 2.48. The summed E-state index contributed by atoms with van der Waals surface area (Å²) in [5.74, 6) is 0. The van der Waals surface area contributed by atoms with Gasteiger partial charge in [-0.1, -0.05) is 0 Å². The number of alkyl halides is 4. The molecule has 2 fully saturated rings. The van der Waals surface area contributed by atoms with Crippen molar-refractivity contribution in [2.24, 2.45) is 0 Å². The molecule has 0 aromatic heterocycles. The Morgan fingerprint density at radius 2 is 2.00 bits per heavy atom. The van der Waals surface area contributed by atoms with Crippen LogP contribution >= 0.6 is 42.4 Å².